The smallest absolute Gasteiger partial charge is 0.203 e. The van der Waals surface area contributed by atoms with Gasteiger partial charge < -0.3 is 10.5 Å². The van der Waals surface area contributed by atoms with Gasteiger partial charge in [0, 0.05) is 13.5 Å². The van der Waals surface area contributed by atoms with Crippen LogP contribution in [0.15, 0.2) is 6.20 Å². The van der Waals surface area contributed by atoms with Crippen LogP contribution >= 0.6 is 11.3 Å². The zero-order valence-electron chi connectivity index (χ0n) is 11.4. The number of nitrogen functional groups attached to an aromatic ring is 1. The fourth-order valence-electron chi connectivity index (χ4n) is 1.65. The Morgan fingerprint density at radius 2 is 2.25 bits per heavy atom. The minimum absolute atomic E-state index is 0.147. The van der Waals surface area contributed by atoms with Crippen molar-refractivity contribution in [1.29, 1.82) is 0 Å². The number of rotatable bonds is 7. The molecule has 20 heavy (non-hydrogen) atoms. The molecule has 0 spiro atoms. The third-order valence-corrected chi connectivity index (χ3v) is 3.68. The zero-order chi connectivity index (χ0) is 14.5. The van der Waals surface area contributed by atoms with E-state index >= 15 is 0 Å². The van der Waals surface area contributed by atoms with Crippen molar-refractivity contribution in [1.82, 2.24) is 25.2 Å². The van der Waals surface area contributed by atoms with Crippen molar-refractivity contribution in [3.8, 4) is 0 Å². The molecule has 0 radical (unpaired) electrons. The summed E-state index contributed by atoms with van der Waals surface area (Å²) in [7, 11) is 1.59. The van der Waals surface area contributed by atoms with E-state index in [0.717, 1.165) is 5.01 Å². The summed E-state index contributed by atoms with van der Waals surface area (Å²) in [5, 5.41) is 16.5. The Balaban J connectivity index is 1.82. The number of anilines is 1. The molecule has 7 nitrogen and oxygen atoms in total. The van der Waals surface area contributed by atoms with Crippen LogP contribution in [0.5, 0.6) is 0 Å². The molecule has 0 aliphatic heterocycles. The van der Waals surface area contributed by atoms with Gasteiger partial charge in [0.2, 0.25) is 5.13 Å². The highest BCUT2D eigenvalue weighted by atomic mass is 32.1. The number of alkyl halides is 1. The Morgan fingerprint density at radius 3 is 2.90 bits per heavy atom. The first-order chi connectivity index (χ1) is 9.58. The number of hydrogen-bond acceptors (Lipinski definition) is 7. The molecular formula is C11H17FN6OS. The Kier molecular flexibility index (Phi) is 4.96. The van der Waals surface area contributed by atoms with E-state index in [0.29, 0.717) is 23.7 Å². The van der Waals surface area contributed by atoms with Crippen LogP contribution in [-0.2, 0) is 17.7 Å². The van der Waals surface area contributed by atoms with Crippen molar-refractivity contribution in [2.24, 2.45) is 0 Å². The first-order valence-electron chi connectivity index (χ1n) is 6.23. The quantitative estimate of drug-likeness (QED) is 0.830. The van der Waals surface area contributed by atoms with E-state index in [1.165, 1.54) is 16.0 Å². The SMILES string of the molecule is COC(C)c1cn(CC(F)CCc2nnc(N)s2)nn1. The van der Waals surface area contributed by atoms with Crippen molar-refractivity contribution in [2.75, 3.05) is 12.8 Å². The number of aryl methyl sites for hydroxylation is 1. The van der Waals surface area contributed by atoms with Crippen molar-refractivity contribution in [2.45, 2.75) is 38.6 Å². The maximum absolute atomic E-state index is 13.9. The van der Waals surface area contributed by atoms with Crippen LogP contribution in [0, 0.1) is 0 Å². The lowest BCUT2D eigenvalue weighted by molar-refractivity contribution is 0.116. The predicted molar refractivity (Wildman–Crippen MR) is 73.0 cm³/mol. The number of aromatic nitrogens is 5. The van der Waals surface area contributed by atoms with E-state index in [9.17, 15) is 4.39 Å². The van der Waals surface area contributed by atoms with Gasteiger partial charge in [0.05, 0.1) is 18.8 Å². The average Bonchev–Trinajstić information content (AvgIpc) is 3.05. The van der Waals surface area contributed by atoms with Crippen molar-refractivity contribution in [3.05, 3.63) is 16.9 Å². The van der Waals surface area contributed by atoms with Gasteiger partial charge in [-0.2, -0.15) is 0 Å². The van der Waals surface area contributed by atoms with Gasteiger partial charge in [0.15, 0.2) is 0 Å². The number of halogens is 1. The van der Waals surface area contributed by atoms with Crippen LogP contribution in [0.1, 0.15) is 30.2 Å². The van der Waals surface area contributed by atoms with Gasteiger partial charge in [0.25, 0.3) is 0 Å². The molecule has 0 aliphatic carbocycles. The number of methoxy groups -OCH3 is 1. The molecule has 2 N–H and O–H groups in total. The molecule has 0 fully saturated rings. The van der Waals surface area contributed by atoms with E-state index in [4.69, 9.17) is 10.5 Å². The Labute approximate surface area is 120 Å². The van der Waals surface area contributed by atoms with E-state index in [-0.39, 0.29) is 12.6 Å². The summed E-state index contributed by atoms with van der Waals surface area (Å²) in [6.45, 7) is 2.03. The molecule has 2 atom stereocenters. The van der Waals surface area contributed by atoms with Crippen LogP contribution < -0.4 is 5.73 Å². The molecule has 0 saturated heterocycles. The summed E-state index contributed by atoms with van der Waals surface area (Å²) in [5.41, 5.74) is 6.16. The second-order valence-corrected chi connectivity index (χ2v) is 5.51. The van der Waals surface area contributed by atoms with Gasteiger partial charge in [-0.05, 0) is 13.3 Å². The zero-order valence-corrected chi connectivity index (χ0v) is 12.2. The fourth-order valence-corrected chi connectivity index (χ4v) is 2.28. The standard InChI is InChI=1S/C11H17FN6OS/c1-7(19-2)9-6-18(17-14-9)5-8(12)3-4-10-15-16-11(13)20-10/h6-8H,3-5H2,1-2H3,(H2,13,16). The van der Waals surface area contributed by atoms with Crippen molar-refractivity contribution in [3.63, 3.8) is 0 Å². The molecule has 2 rings (SSSR count). The van der Waals surface area contributed by atoms with Gasteiger partial charge in [0.1, 0.15) is 16.9 Å². The summed E-state index contributed by atoms with van der Waals surface area (Å²) in [6.07, 6.45) is 1.40. The molecule has 2 aromatic heterocycles. The van der Waals surface area contributed by atoms with Gasteiger partial charge in [-0.1, -0.05) is 16.6 Å². The predicted octanol–water partition coefficient (Wildman–Crippen LogP) is 1.39. The normalized spacial score (nSPS) is 14.3. The topological polar surface area (TPSA) is 91.7 Å². The van der Waals surface area contributed by atoms with Crippen LogP contribution in [0.3, 0.4) is 0 Å². The molecule has 2 aromatic rings. The fraction of sp³-hybridized carbons (Fsp3) is 0.636. The molecule has 0 amide bonds. The Hall–Kier alpha value is -1.61. The molecule has 0 aromatic carbocycles. The van der Waals surface area contributed by atoms with Crippen molar-refractivity contribution >= 4 is 16.5 Å². The lowest BCUT2D eigenvalue weighted by Gasteiger charge is -2.06. The van der Waals surface area contributed by atoms with E-state index in [1.807, 2.05) is 6.92 Å². The second-order valence-electron chi connectivity index (χ2n) is 4.41. The van der Waals surface area contributed by atoms with Gasteiger partial charge in [-0.15, -0.1) is 15.3 Å². The van der Waals surface area contributed by atoms with Crippen LogP contribution in [-0.4, -0.2) is 38.5 Å². The molecule has 2 unspecified atom stereocenters. The summed E-state index contributed by atoms with van der Waals surface area (Å²) < 4.78 is 20.5. The minimum Gasteiger partial charge on any atom is -0.375 e. The maximum atomic E-state index is 13.9. The molecule has 9 heteroatoms. The number of nitrogens with two attached hydrogens (primary N) is 1. The average molecular weight is 300 g/mol. The molecule has 0 saturated carbocycles. The lowest BCUT2D eigenvalue weighted by Crippen LogP contribution is -2.13. The summed E-state index contributed by atoms with van der Waals surface area (Å²) in [5.74, 6) is 0. The van der Waals surface area contributed by atoms with Crippen molar-refractivity contribution < 1.29 is 9.13 Å². The van der Waals surface area contributed by atoms with E-state index in [1.54, 1.807) is 13.3 Å². The molecule has 0 bridgehead atoms. The highest BCUT2D eigenvalue weighted by molar-refractivity contribution is 7.15. The summed E-state index contributed by atoms with van der Waals surface area (Å²) in [4.78, 5) is 0. The highest BCUT2D eigenvalue weighted by Crippen LogP contribution is 2.16. The molecular weight excluding hydrogens is 283 g/mol. The van der Waals surface area contributed by atoms with E-state index < -0.39 is 6.17 Å². The third-order valence-electron chi connectivity index (χ3n) is 2.87. The summed E-state index contributed by atoms with van der Waals surface area (Å²) in [6, 6.07) is 0. The third kappa shape index (κ3) is 3.94. The molecule has 2 heterocycles. The summed E-state index contributed by atoms with van der Waals surface area (Å²) >= 11 is 1.28. The maximum Gasteiger partial charge on any atom is 0.203 e. The second kappa shape index (κ2) is 6.71. The van der Waals surface area contributed by atoms with Crippen LogP contribution in [0.4, 0.5) is 9.52 Å². The first-order valence-corrected chi connectivity index (χ1v) is 7.05. The van der Waals surface area contributed by atoms with Gasteiger partial charge in [-0.3, -0.25) is 0 Å². The van der Waals surface area contributed by atoms with Gasteiger partial charge in [-0.25, -0.2) is 9.07 Å². The molecule has 0 aliphatic rings. The Bertz CT molecular complexity index is 545. The monoisotopic (exact) mass is 300 g/mol. The van der Waals surface area contributed by atoms with E-state index in [2.05, 4.69) is 20.5 Å². The first kappa shape index (κ1) is 14.8. The lowest BCUT2D eigenvalue weighted by atomic mass is 10.2. The minimum atomic E-state index is -1.02. The number of hydrogen-bond donors (Lipinski definition) is 1. The number of nitrogens with zero attached hydrogens (tertiary/aromatic N) is 5. The molecule has 110 valence electrons. The largest absolute Gasteiger partial charge is 0.375 e. The van der Waals surface area contributed by atoms with Crippen LogP contribution in [0.25, 0.3) is 0 Å². The Morgan fingerprint density at radius 1 is 1.45 bits per heavy atom. The number of ether oxygens (including phenoxy) is 1. The van der Waals surface area contributed by atoms with Crippen LogP contribution in [0.2, 0.25) is 0 Å². The highest BCUT2D eigenvalue weighted by Gasteiger charge is 2.13. The van der Waals surface area contributed by atoms with Gasteiger partial charge >= 0.3 is 0 Å².